The van der Waals surface area contributed by atoms with Gasteiger partial charge in [0.25, 0.3) is 17.4 Å². The minimum absolute atomic E-state index is 0.109. The second-order valence-corrected chi connectivity index (χ2v) is 7.63. The van der Waals surface area contributed by atoms with E-state index in [0.717, 1.165) is 29.2 Å². The molecule has 0 unspecified atom stereocenters. The van der Waals surface area contributed by atoms with Crippen LogP contribution >= 0.6 is 11.6 Å². The molecule has 2 heterocycles. The number of ether oxygens (including phenoxy) is 2. The van der Waals surface area contributed by atoms with Crippen molar-refractivity contribution in [1.29, 1.82) is 0 Å². The number of aromatic nitrogens is 2. The average Bonchev–Trinajstić information content (AvgIpc) is 3.27. The van der Waals surface area contributed by atoms with E-state index in [1.165, 1.54) is 25.6 Å². The quantitative estimate of drug-likeness (QED) is 0.473. The van der Waals surface area contributed by atoms with Gasteiger partial charge in [0.15, 0.2) is 5.54 Å². The maximum absolute atomic E-state index is 14.1. The predicted octanol–water partition coefficient (Wildman–Crippen LogP) is 3.06. The van der Waals surface area contributed by atoms with Crippen LogP contribution in [0, 0.1) is 0 Å². The summed E-state index contributed by atoms with van der Waals surface area (Å²) in [5.74, 6) is -2.60. The van der Waals surface area contributed by atoms with Crippen LogP contribution in [-0.2, 0) is 19.9 Å². The second kappa shape index (κ2) is 9.87. The highest BCUT2D eigenvalue weighted by Gasteiger charge is 2.47. The number of nitrogens with zero attached hydrogens (tertiary/aromatic N) is 3. The van der Waals surface area contributed by atoms with Gasteiger partial charge in [-0.2, -0.15) is 0 Å². The fraction of sp³-hybridized carbons (Fsp3) is 0.400. The topological polar surface area (TPSA) is 93.6 Å². The lowest BCUT2D eigenvalue weighted by Gasteiger charge is -2.40. The molecule has 0 aliphatic carbocycles. The van der Waals surface area contributed by atoms with E-state index < -0.39 is 35.1 Å². The number of nitrogens with one attached hydrogen (secondary N) is 1. The Morgan fingerprint density at radius 1 is 1.24 bits per heavy atom. The highest BCUT2D eigenvalue weighted by Crippen LogP contribution is 2.36. The van der Waals surface area contributed by atoms with E-state index in [2.05, 4.69) is 20.0 Å². The van der Waals surface area contributed by atoms with Crippen molar-refractivity contribution in [2.24, 2.45) is 0 Å². The summed E-state index contributed by atoms with van der Waals surface area (Å²) in [5.41, 5.74) is -4.47. The molecule has 3 atom stereocenters. The minimum atomic E-state index is -4.93. The van der Waals surface area contributed by atoms with Crippen LogP contribution in [0.2, 0.25) is 0 Å². The van der Waals surface area contributed by atoms with Crippen LogP contribution in [0.5, 0.6) is 5.75 Å². The summed E-state index contributed by atoms with van der Waals surface area (Å²) in [4.78, 5) is 34.8. The third-order valence-corrected chi connectivity index (χ3v) is 5.20. The first-order valence-corrected chi connectivity index (χ1v) is 10.1. The van der Waals surface area contributed by atoms with Crippen LogP contribution in [0.25, 0.3) is 0 Å². The number of rotatable bonds is 7. The summed E-state index contributed by atoms with van der Waals surface area (Å²) in [6.45, 7) is 1.99. The number of anilines is 1. The number of halogens is 5. The van der Waals surface area contributed by atoms with Crippen LogP contribution in [0.1, 0.15) is 18.9 Å². The molecule has 8 nitrogen and oxygen atoms in total. The van der Waals surface area contributed by atoms with Crippen LogP contribution in [0.3, 0.4) is 0 Å². The van der Waals surface area contributed by atoms with Gasteiger partial charge in [-0.15, -0.1) is 13.2 Å². The van der Waals surface area contributed by atoms with E-state index in [4.69, 9.17) is 16.3 Å². The number of hydrogen-bond acceptors (Lipinski definition) is 6. The molecule has 0 bridgehead atoms. The Bertz CT molecular complexity index is 972. The van der Waals surface area contributed by atoms with Gasteiger partial charge in [0.2, 0.25) is 0 Å². The van der Waals surface area contributed by atoms with Crippen LogP contribution < -0.4 is 15.0 Å². The zero-order valence-electron chi connectivity index (χ0n) is 17.2. The van der Waals surface area contributed by atoms with E-state index in [1.54, 1.807) is 0 Å². The summed E-state index contributed by atoms with van der Waals surface area (Å²) >= 11 is 5.45. The summed E-state index contributed by atoms with van der Waals surface area (Å²) < 4.78 is 60.7. The smallest absolute Gasteiger partial charge is 0.406 e. The van der Waals surface area contributed by atoms with Gasteiger partial charge in [-0.25, -0.2) is 14.4 Å². The maximum Gasteiger partial charge on any atom is 0.573 e. The molecular formula is C20H19ClF4N4O4. The fourth-order valence-corrected chi connectivity index (χ4v) is 3.48. The molecule has 1 aromatic carbocycles. The third-order valence-electron chi connectivity index (χ3n) is 5.01. The van der Waals surface area contributed by atoms with Gasteiger partial charge in [-0.05, 0) is 37.6 Å². The summed E-state index contributed by atoms with van der Waals surface area (Å²) in [7, 11) is 0. The van der Waals surface area contributed by atoms with E-state index in [0.29, 0.717) is 13.0 Å². The van der Waals surface area contributed by atoms with Crippen molar-refractivity contribution >= 4 is 29.1 Å². The molecule has 1 aliphatic heterocycles. The molecule has 3 rings (SSSR count). The molecule has 33 heavy (non-hydrogen) atoms. The molecule has 1 fully saturated rings. The van der Waals surface area contributed by atoms with Gasteiger partial charge in [0.1, 0.15) is 12.1 Å². The number of hydrogen-bond donors (Lipinski definition) is 1. The Labute approximate surface area is 190 Å². The lowest BCUT2D eigenvalue weighted by atomic mass is 9.89. The zero-order chi connectivity index (χ0) is 24.2. The van der Waals surface area contributed by atoms with Gasteiger partial charge >= 0.3 is 6.36 Å². The van der Waals surface area contributed by atoms with Gasteiger partial charge < -0.3 is 14.8 Å². The average molecular weight is 491 g/mol. The van der Waals surface area contributed by atoms with Gasteiger partial charge in [0, 0.05) is 30.3 Å². The summed E-state index contributed by atoms with van der Waals surface area (Å²) in [5, 5.41) is 2.75. The zero-order valence-corrected chi connectivity index (χ0v) is 17.9. The lowest BCUT2D eigenvalue weighted by Crippen LogP contribution is -2.60. The molecule has 2 aromatic rings. The molecule has 0 radical (unpaired) electrons. The first-order valence-electron chi connectivity index (χ1n) is 9.64. The molecule has 0 spiro atoms. The molecule has 1 N–H and O–H groups in total. The monoisotopic (exact) mass is 490 g/mol. The number of carbonyl (C=O) groups excluding carboxylic acids is 2. The molecule has 0 saturated carbocycles. The highest BCUT2D eigenvalue weighted by molar-refractivity contribution is 6.32. The molecule has 178 valence electrons. The van der Waals surface area contributed by atoms with Crippen molar-refractivity contribution in [2.75, 3.05) is 18.1 Å². The Kier molecular flexibility index (Phi) is 7.38. The van der Waals surface area contributed by atoms with Crippen molar-refractivity contribution in [3.63, 3.8) is 0 Å². The van der Waals surface area contributed by atoms with E-state index in [9.17, 15) is 27.2 Å². The fourth-order valence-electron chi connectivity index (χ4n) is 3.39. The Hall–Kier alpha value is -2.99. The van der Waals surface area contributed by atoms with Gasteiger partial charge in [0.05, 0.1) is 12.6 Å². The number of carbonyl (C=O) groups is 2. The summed E-state index contributed by atoms with van der Waals surface area (Å²) in [6, 6.07) is 3.64. The molecule has 13 heteroatoms. The van der Waals surface area contributed by atoms with E-state index >= 15 is 0 Å². The van der Waals surface area contributed by atoms with Crippen LogP contribution in [0.15, 0.2) is 43.0 Å². The van der Waals surface area contributed by atoms with Gasteiger partial charge in [-0.3, -0.25) is 14.5 Å². The number of amides is 2. The molecular weight excluding hydrogens is 472 g/mol. The second-order valence-electron chi connectivity index (χ2n) is 7.25. The molecule has 2 amide bonds. The van der Waals surface area contributed by atoms with E-state index in [-0.39, 0.29) is 23.9 Å². The van der Waals surface area contributed by atoms with Gasteiger partial charge in [-0.1, -0.05) is 11.6 Å². The number of benzene rings is 1. The van der Waals surface area contributed by atoms with Crippen molar-refractivity contribution in [2.45, 2.75) is 36.9 Å². The molecule has 1 aromatic heterocycles. The van der Waals surface area contributed by atoms with Crippen molar-refractivity contribution in [3.8, 4) is 5.75 Å². The Morgan fingerprint density at radius 3 is 2.39 bits per heavy atom. The third kappa shape index (κ3) is 5.69. The van der Waals surface area contributed by atoms with Crippen LogP contribution in [0.4, 0.5) is 23.2 Å². The maximum atomic E-state index is 14.1. The minimum Gasteiger partial charge on any atom is -0.406 e. The van der Waals surface area contributed by atoms with Crippen molar-refractivity contribution < 1.29 is 36.6 Å². The SMILES string of the molecule is C[C@](C(=O)N[C@@H]1CCOC1)(c1cncnc1)N(C(=O)[C@H](F)Cl)c1ccc(OC(F)(F)F)cc1. The first-order chi connectivity index (χ1) is 15.5. The predicted molar refractivity (Wildman–Crippen MR) is 108 cm³/mol. The van der Waals surface area contributed by atoms with Crippen LogP contribution in [-0.4, -0.2) is 53.0 Å². The molecule has 1 saturated heterocycles. The first kappa shape index (κ1) is 24.6. The number of alkyl halides is 5. The Balaban J connectivity index is 2.08. The molecule has 1 aliphatic rings. The van der Waals surface area contributed by atoms with E-state index in [1.807, 2.05) is 0 Å². The normalized spacial score (nSPS) is 18.8. The summed E-state index contributed by atoms with van der Waals surface area (Å²) in [6.07, 6.45) is -0.690. The Morgan fingerprint density at radius 2 is 1.88 bits per heavy atom. The van der Waals surface area contributed by atoms with Crippen molar-refractivity contribution in [1.82, 2.24) is 15.3 Å². The van der Waals surface area contributed by atoms with Crippen molar-refractivity contribution in [3.05, 3.63) is 48.5 Å². The largest absolute Gasteiger partial charge is 0.573 e. The highest BCUT2D eigenvalue weighted by atomic mass is 35.5. The standard InChI is InChI=1S/C20H19ClF4N4O4/c1-19(12-8-26-11-27-9-12,18(31)28-13-6-7-32-10-13)29(17(30)16(21)22)14-2-4-15(5-3-14)33-20(23,24)25/h2-5,8-9,11,13,16H,6-7,10H2,1H3,(H,28,31)/t13-,16+,19-/m1/s1. The lowest BCUT2D eigenvalue weighted by molar-refractivity contribution is -0.274.